The number of carbonyl (C=O) groups is 1. The standard InChI is InChI=1S/C25H26F3N5O2/c26-25(27,28)24(34)35-14-18-13-33(32-31-18)8-4-3-5-15-9-16-11-17(10-15)22-21(12-16)30-20-7-2-1-6-19(20)23(22)29/h1-2,6-7,9,13,16-17H,3-5,8,10-12,14H2,(H2,29,30). The number of unbranched alkanes of at least 4 members (excludes halogenated alkanes) is 1. The van der Waals surface area contributed by atoms with Crippen molar-refractivity contribution in [2.75, 3.05) is 5.73 Å². The number of pyridine rings is 1. The monoisotopic (exact) mass is 485 g/mol. The Kier molecular flexibility index (Phi) is 6.21. The lowest BCUT2D eigenvalue weighted by Crippen LogP contribution is -2.25. The molecule has 3 aromatic rings. The van der Waals surface area contributed by atoms with Crippen molar-refractivity contribution in [2.24, 2.45) is 5.92 Å². The highest BCUT2D eigenvalue weighted by Gasteiger charge is 2.41. The number of esters is 1. The zero-order chi connectivity index (χ0) is 24.6. The van der Waals surface area contributed by atoms with Gasteiger partial charge in [-0.3, -0.25) is 9.67 Å². The number of hydrogen-bond donors (Lipinski definition) is 1. The Morgan fingerprint density at radius 1 is 1.20 bits per heavy atom. The van der Waals surface area contributed by atoms with E-state index >= 15 is 0 Å². The molecule has 10 heteroatoms. The number of fused-ring (bicyclic) bond motifs is 5. The number of para-hydroxylation sites is 1. The number of halogens is 3. The van der Waals surface area contributed by atoms with Crippen molar-refractivity contribution < 1.29 is 22.7 Å². The number of benzene rings is 1. The molecule has 184 valence electrons. The number of aryl methyl sites for hydroxylation is 1. The maximum atomic E-state index is 12.2. The zero-order valence-corrected chi connectivity index (χ0v) is 19.1. The Labute approximate surface area is 200 Å². The smallest absolute Gasteiger partial charge is 0.452 e. The fourth-order valence-electron chi connectivity index (χ4n) is 5.31. The molecule has 7 nitrogen and oxygen atoms in total. The molecule has 2 aromatic heterocycles. The second kappa shape index (κ2) is 9.31. The Bertz CT molecular complexity index is 1280. The van der Waals surface area contributed by atoms with Crippen LogP contribution in [-0.4, -0.2) is 32.1 Å². The summed E-state index contributed by atoms with van der Waals surface area (Å²) < 4.78 is 42.4. The van der Waals surface area contributed by atoms with Gasteiger partial charge in [-0.05, 0) is 56.4 Å². The molecule has 5 rings (SSSR count). The maximum Gasteiger partial charge on any atom is 0.490 e. The number of aromatic nitrogens is 4. The van der Waals surface area contributed by atoms with E-state index in [1.54, 1.807) is 4.68 Å². The molecule has 2 bridgehead atoms. The first-order valence-corrected chi connectivity index (χ1v) is 11.8. The number of carbonyl (C=O) groups excluding carboxylic acids is 1. The van der Waals surface area contributed by atoms with Crippen molar-refractivity contribution in [2.45, 2.75) is 63.8 Å². The van der Waals surface area contributed by atoms with E-state index in [-0.39, 0.29) is 5.69 Å². The summed E-state index contributed by atoms with van der Waals surface area (Å²) in [7, 11) is 0. The zero-order valence-electron chi connectivity index (χ0n) is 19.1. The van der Waals surface area contributed by atoms with Crippen LogP contribution in [0.4, 0.5) is 18.9 Å². The number of ether oxygens (including phenoxy) is 1. The molecule has 0 aliphatic heterocycles. The van der Waals surface area contributed by atoms with Crippen LogP contribution in [0.15, 0.2) is 42.1 Å². The average Bonchev–Trinajstić information content (AvgIpc) is 3.27. The summed E-state index contributed by atoms with van der Waals surface area (Å²) in [6, 6.07) is 8.05. The molecular formula is C25H26F3N5O2. The third kappa shape index (κ3) is 5.01. The molecule has 0 spiro atoms. The Hall–Kier alpha value is -3.43. The SMILES string of the molecule is Nc1c2c(nc3ccccc13)CC1C=C(CCCCn3cc(COC(=O)C(F)(F)F)nn3)CC2C1. The van der Waals surface area contributed by atoms with Crippen molar-refractivity contribution in [3.8, 4) is 0 Å². The number of nitrogens with two attached hydrogens (primary N) is 1. The van der Waals surface area contributed by atoms with Crippen LogP contribution < -0.4 is 5.73 Å². The predicted molar refractivity (Wildman–Crippen MR) is 123 cm³/mol. The Morgan fingerprint density at radius 2 is 2.03 bits per heavy atom. The molecule has 0 amide bonds. The van der Waals surface area contributed by atoms with E-state index in [0.29, 0.717) is 18.4 Å². The third-order valence-electron chi connectivity index (χ3n) is 6.79. The van der Waals surface area contributed by atoms with Gasteiger partial charge in [0.05, 0.1) is 11.7 Å². The van der Waals surface area contributed by atoms with Gasteiger partial charge in [-0.25, -0.2) is 4.79 Å². The van der Waals surface area contributed by atoms with Crippen LogP contribution in [0.1, 0.15) is 55.0 Å². The van der Waals surface area contributed by atoms with E-state index in [2.05, 4.69) is 21.1 Å². The van der Waals surface area contributed by atoms with Crippen LogP contribution >= 0.6 is 0 Å². The van der Waals surface area contributed by atoms with Gasteiger partial charge in [-0.15, -0.1) is 5.10 Å². The molecule has 0 saturated heterocycles. The minimum absolute atomic E-state index is 0.183. The van der Waals surface area contributed by atoms with Gasteiger partial charge in [0.15, 0.2) is 0 Å². The normalized spacial score (nSPS) is 19.3. The minimum Gasteiger partial charge on any atom is -0.452 e. The summed E-state index contributed by atoms with van der Waals surface area (Å²) in [4.78, 5) is 15.7. The van der Waals surface area contributed by atoms with E-state index in [0.717, 1.165) is 60.8 Å². The van der Waals surface area contributed by atoms with Gasteiger partial charge >= 0.3 is 12.1 Å². The first kappa shape index (κ1) is 23.3. The molecule has 0 radical (unpaired) electrons. The minimum atomic E-state index is -5.01. The molecule has 0 saturated carbocycles. The molecule has 1 aromatic carbocycles. The number of alkyl halides is 3. The van der Waals surface area contributed by atoms with Crippen molar-refractivity contribution >= 4 is 22.6 Å². The first-order valence-electron chi connectivity index (χ1n) is 11.8. The molecular weight excluding hydrogens is 459 g/mol. The number of rotatable bonds is 7. The second-order valence-corrected chi connectivity index (χ2v) is 9.33. The van der Waals surface area contributed by atoms with Crippen molar-refractivity contribution in [1.82, 2.24) is 20.0 Å². The quantitative estimate of drug-likeness (QED) is 0.292. The van der Waals surface area contributed by atoms with Crippen molar-refractivity contribution in [3.05, 3.63) is 59.1 Å². The van der Waals surface area contributed by atoms with Gasteiger partial charge < -0.3 is 10.5 Å². The van der Waals surface area contributed by atoms with E-state index in [4.69, 9.17) is 10.7 Å². The van der Waals surface area contributed by atoms with Crippen LogP contribution in [0, 0.1) is 5.92 Å². The summed E-state index contributed by atoms with van der Waals surface area (Å²) in [6.45, 7) is 0.0365. The van der Waals surface area contributed by atoms with Crippen molar-refractivity contribution in [3.63, 3.8) is 0 Å². The first-order chi connectivity index (χ1) is 16.8. The van der Waals surface area contributed by atoms with E-state index in [9.17, 15) is 18.0 Å². The highest BCUT2D eigenvalue weighted by atomic mass is 19.4. The van der Waals surface area contributed by atoms with Gasteiger partial charge in [0.25, 0.3) is 0 Å². The fraction of sp³-hybridized carbons (Fsp3) is 0.440. The van der Waals surface area contributed by atoms with Gasteiger partial charge in [0, 0.05) is 28.9 Å². The molecule has 2 aliphatic rings. The lowest BCUT2D eigenvalue weighted by atomic mass is 9.70. The van der Waals surface area contributed by atoms with Crippen LogP contribution in [-0.2, 0) is 29.1 Å². The van der Waals surface area contributed by atoms with Gasteiger partial charge in [0.2, 0.25) is 0 Å². The average molecular weight is 486 g/mol. The summed E-state index contributed by atoms with van der Waals surface area (Å²) in [6.07, 6.45) is 4.72. The second-order valence-electron chi connectivity index (χ2n) is 9.33. The number of hydrogen-bond acceptors (Lipinski definition) is 6. The number of nitrogen functional groups attached to an aromatic ring is 1. The fourth-order valence-corrected chi connectivity index (χ4v) is 5.31. The summed E-state index contributed by atoms with van der Waals surface area (Å²) in [5.41, 5.74) is 12.4. The number of nitrogens with zero attached hydrogens (tertiary/aromatic N) is 4. The third-order valence-corrected chi connectivity index (χ3v) is 6.79. The molecule has 2 aliphatic carbocycles. The Morgan fingerprint density at radius 3 is 2.86 bits per heavy atom. The van der Waals surface area contributed by atoms with E-state index < -0.39 is 18.8 Å². The Balaban J connectivity index is 1.14. The largest absolute Gasteiger partial charge is 0.490 e. The van der Waals surface area contributed by atoms with Crippen molar-refractivity contribution in [1.29, 1.82) is 0 Å². The number of anilines is 1. The summed E-state index contributed by atoms with van der Waals surface area (Å²) in [5, 5.41) is 8.70. The predicted octanol–water partition coefficient (Wildman–Crippen LogP) is 4.86. The molecule has 2 N–H and O–H groups in total. The molecule has 0 fully saturated rings. The van der Waals surface area contributed by atoms with E-state index in [1.165, 1.54) is 17.3 Å². The topological polar surface area (TPSA) is 95.9 Å². The molecule has 2 unspecified atom stereocenters. The molecule has 35 heavy (non-hydrogen) atoms. The molecule has 2 atom stereocenters. The van der Waals surface area contributed by atoms with Gasteiger partial charge in [-0.1, -0.05) is 35.1 Å². The maximum absolute atomic E-state index is 12.2. The summed E-state index contributed by atoms with van der Waals surface area (Å²) in [5.74, 6) is -1.34. The van der Waals surface area contributed by atoms with E-state index in [1.807, 2.05) is 24.3 Å². The summed E-state index contributed by atoms with van der Waals surface area (Å²) >= 11 is 0. The lowest BCUT2D eigenvalue weighted by molar-refractivity contribution is -0.201. The highest BCUT2D eigenvalue weighted by molar-refractivity contribution is 5.92. The lowest BCUT2D eigenvalue weighted by Gasteiger charge is -2.36. The van der Waals surface area contributed by atoms with Crippen LogP contribution in [0.25, 0.3) is 10.9 Å². The van der Waals surface area contributed by atoms with Crippen LogP contribution in [0.3, 0.4) is 0 Å². The van der Waals surface area contributed by atoms with Gasteiger partial charge in [0.1, 0.15) is 12.3 Å². The highest BCUT2D eigenvalue weighted by Crippen LogP contribution is 2.47. The van der Waals surface area contributed by atoms with Crippen LogP contribution in [0.5, 0.6) is 0 Å². The number of allylic oxidation sites excluding steroid dienone is 2. The molecule has 2 heterocycles. The van der Waals surface area contributed by atoms with Gasteiger partial charge in [-0.2, -0.15) is 13.2 Å². The van der Waals surface area contributed by atoms with Crippen LogP contribution in [0.2, 0.25) is 0 Å².